The summed E-state index contributed by atoms with van der Waals surface area (Å²) in [6.45, 7) is 8.74. The molecule has 9 heteroatoms. The molecule has 0 saturated carbocycles. The number of guanidine groups is 1. The summed E-state index contributed by atoms with van der Waals surface area (Å²) in [6.07, 6.45) is 0.932. The first-order chi connectivity index (χ1) is 14.5. The second-order valence-corrected chi connectivity index (χ2v) is 8.49. The number of halogens is 1. The number of benzene rings is 1. The van der Waals surface area contributed by atoms with Gasteiger partial charge in [-0.25, -0.2) is 9.98 Å². The van der Waals surface area contributed by atoms with Gasteiger partial charge >= 0.3 is 0 Å². The average molecular weight is 558 g/mol. The van der Waals surface area contributed by atoms with Gasteiger partial charge in [-0.15, -0.1) is 35.3 Å². The van der Waals surface area contributed by atoms with Crippen LogP contribution in [0.25, 0.3) is 10.6 Å². The normalized spacial score (nSPS) is 16.2. The molecule has 0 aliphatic carbocycles. The largest absolute Gasteiger partial charge is 0.497 e. The lowest BCUT2D eigenvalue weighted by molar-refractivity contribution is -0.133. The maximum atomic E-state index is 12.2. The standard InChI is InChI=1S/C22H31N5O2S.HI/c1-5-23-22(26-17-10-11-27(13-17)21(28)15(2)3)24-12-18-14-30-20(25-18)16-6-8-19(29-4)9-7-16;/h6-9,14-15,17H,5,10-13H2,1-4H3,(H2,23,24,26);1H. The van der Waals surface area contributed by atoms with E-state index in [0.29, 0.717) is 6.54 Å². The number of nitrogens with zero attached hydrogens (tertiary/aromatic N) is 3. The molecule has 1 atom stereocenters. The number of rotatable bonds is 7. The Morgan fingerprint density at radius 2 is 2.10 bits per heavy atom. The minimum absolute atomic E-state index is 0. The highest BCUT2D eigenvalue weighted by Crippen LogP contribution is 2.26. The van der Waals surface area contributed by atoms with E-state index in [0.717, 1.165) is 54.0 Å². The number of nitrogens with one attached hydrogen (secondary N) is 2. The van der Waals surface area contributed by atoms with Gasteiger partial charge in [0.15, 0.2) is 5.96 Å². The Bertz CT molecular complexity index is 869. The minimum atomic E-state index is 0. The molecular formula is C22H32IN5O2S. The van der Waals surface area contributed by atoms with E-state index in [1.54, 1.807) is 18.4 Å². The Morgan fingerprint density at radius 1 is 1.35 bits per heavy atom. The molecule has 7 nitrogen and oxygen atoms in total. The van der Waals surface area contributed by atoms with E-state index in [4.69, 9.17) is 14.7 Å². The summed E-state index contributed by atoms with van der Waals surface area (Å²) in [5, 5.41) is 9.78. The first kappa shape index (κ1) is 25.4. The summed E-state index contributed by atoms with van der Waals surface area (Å²) in [6, 6.07) is 8.13. The van der Waals surface area contributed by atoms with E-state index in [9.17, 15) is 4.79 Å². The number of ether oxygens (including phenoxy) is 1. The molecule has 1 fully saturated rings. The number of amides is 1. The number of carbonyl (C=O) groups excluding carboxylic acids is 1. The molecule has 2 aromatic rings. The molecule has 3 rings (SSSR count). The van der Waals surface area contributed by atoms with Crippen molar-refractivity contribution in [2.75, 3.05) is 26.7 Å². The maximum Gasteiger partial charge on any atom is 0.225 e. The summed E-state index contributed by atoms with van der Waals surface area (Å²) in [5.41, 5.74) is 2.01. The fourth-order valence-electron chi connectivity index (χ4n) is 3.36. The van der Waals surface area contributed by atoms with E-state index < -0.39 is 0 Å². The number of thiazole rings is 1. The van der Waals surface area contributed by atoms with E-state index in [1.165, 1.54) is 0 Å². The van der Waals surface area contributed by atoms with Crippen molar-refractivity contribution >= 4 is 47.2 Å². The third-order valence-electron chi connectivity index (χ3n) is 4.97. The minimum Gasteiger partial charge on any atom is -0.497 e. The maximum absolute atomic E-state index is 12.2. The fraction of sp³-hybridized carbons (Fsp3) is 0.500. The zero-order chi connectivity index (χ0) is 21.5. The van der Waals surface area contributed by atoms with Gasteiger partial charge in [0, 0.05) is 42.5 Å². The Kier molecular flexibility index (Phi) is 10.0. The van der Waals surface area contributed by atoms with Gasteiger partial charge in [0.2, 0.25) is 5.91 Å². The zero-order valence-corrected chi connectivity index (χ0v) is 21.7. The molecule has 0 spiro atoms. The molecule has 1 unspecified atom stereocenters. The summed E-state index contributed by atoms with van der Waals surface area (Å²) in [5.74, 6) is 1.85. The van der Waals surface area contributed by atoms with Crippen molar-refractivity contribution < 1.29 is 9.53 Å². The van der Waals surface area contributed by atoms with Crippen molar-refractivity contribution in [1.82, 2.24) is 20.5 Å². The summed E-state index contributed by atoms with van der Waals surface area (Å²) < 4.78 is 5.21. The molecule has 0 bridgehead atoms. The number of aliphatic imine (C=N–C) groups is 1. The highest BCUT2D eigenvalue weighted by atomic mass is 127. The third-order valence-corrected chi connectivity index (χ3v) is 5.91. The van der Waals surface area contributed by atoms with Gasteiger partial charge < -0.3 is 20.3 Å². The van der Waals surface area contributed by atoms with Gasteiger partial charge in [-0.1, -0.05) is 13.8 Å². The molecule has 31 heavy (non-hydrogen) atoms. The van der Waals surface area contributed by atoms with E-state index in [1.807, 2.05) is 55.3 Å². The Hall–Kier alpha value is -1.88. The number of hydrogen-bond acceptors (Lipinski definition) is 5. The zero-order valence-electron chi connectivity index (χ0n) is 18.6. The Labute approximate surface area is 205 Å². The van der Waals surface area contributed by atoms with Crippen LogP contribution in [-0.4, -0.2) is 54.5 Å². The Balaban J connectivity index is 0.00000341. The molecule has 2 heterocycles. The van der Waals surface area contributed by atoms with Crippen molar-refractivity contribution in [3.05, 3.63) is 35.3 Å². The summed E-state index contributed by atoms with van der Waals surface area (Å²) >= 11 is 1.61. The van der Waals surface area contributed by atoms with Crippen LogP contribution in [0.15, 0.2) is 34.6 Å². The molecule has 0 radical (unpaired) electrons. The van der Waals surface area contributed by atoms with Gasteiger partial charge in [-0.3, -0.25) is 4.79 Å². The number of carbonyl (C=O) groups is 1. The lowest BCUT2D eigenvalue weighted by Crippen LogP contribution is -2.45. The van der Waals surface area contributed by atoms with Crippen molar-refractivity contribution in [1.29, 1.82) is 0 Å². The number of likely N-dealkylation sites (tertiary alicyclic amines) is 1. The average Bonchev–Trinajstić information content (AvgIpc) is 3.41. The highest BCUT2D eigenvalue weighted by Gasteiger charge is 2.27. The molecule has 1 aliphatic rings. The molecule has 1 aromatic heterocycles. The van der Waals surface area contributed by atoms with Crippen LogP contribution in [0.3, 0.4) is 0 Å². The summed E-state index contributed by atoms with van der Waals surface area (Å²) in [7, 11) is 1.66. The van der Waals surface area contributed by atoms with Crippen LogP contribution in [0, 0.1) is 5.92 Å². The van der Waals surface area contributed by atoms with Crippen LogP contribution in [0.5, 0.6) is 5.75 Å². The van der Waals surface area contributed by atoms with Gasteiger partial charge in [-0.05, 0) is 37.6 Å². The number of aromatic nitrogens is 1. The van der Waals surface area contributed by atoms with Gasteiger partial charge in [0.05, 0.1) is 19.3 Å². The predicted molar refractivity (Wildman–Crippen MR) is 137 cm³/mol. The second-order valence-electron chi connectivity index (χ2n) is 7.64. The van der Waals surface area contributed by atoms with Gasteiger partial charge in [-0.2, -0.15) is 0 Å². The second kappa shape index (κ2) is 12.2. The lowest BCUT2D eigenvalue weighted by Gasteiger charge is -2.20. The highest BCUT2D eigenvalue weighted by molar-refractivity contribution is 14.0. The van der Waals surface area contributed by atoms with Crippen LogP contribution < -0.4 is 15.4 Å². The molecule has 1 saturated heterocycles. The van der Waals surface area contributed by atoms with Crippen LogP contribution in [-0.2, 0) is 11.3 Å². The molecule has 1 aromatic carbocycles. The lowest BCUT2D eigenvalue weighted by atomic mass is 10.2. The molecule has 2 N–H and O–H groups in total. The molecule has 1 aliphatic heterocycles. The van der Waals surface area contributed by atoms with Gasteiger partial charge in [0.25, 0.3) is 0 Å². The number of hydrogen-bond donors (Lipinski definition) is 2. The van der Waals surface area contributed by atoms with E-state index >= 15 is 0 Å². The Morgan fingerprint density at radius 3 is 2.74 bits per heavy atom. The van der Waals surface area contributed by atoms with Crippen LogP contribution >= 0.6 is 35.3 Å². The molecular weight excluding hydrogens is 525 g/mol. The fourth-order valence-corrected chi connectivity index (χ4v) is 4.18. The topological polar surface area (TPSA) is 78.9 Å². The third kappa shape index (κ3) is 7.06. The SMILES string of the molecule is CCNC(=NCc1csc(-c2ccc(OC)cc2)n1)NC1CCN(C(=O)C(C)C)C1.I. The van der Waals surface area contributed by atoms with Crippen molar-refractivity contribution in [3.63, 3.8) is 0 Å². The molecule has 1 amide bonds. The predicted octanol–water partition coefficient (Wildman–Crippen LogP) is 3.75. The van der Waals surface area contributed by atoms with Crippen molar-refractivity contribution in [2.45, 2.75) is 39.8 Å². The monoisotopic (exact) mass is 557 g/mol. The van der Waals surface area contributed by atoms with Crippen LogP contribution in [0.4, 0.5) is 0 Å². The molecule has 170 valence electrons. The van der Waals surface area contributed by atoms with Gasteiger partial charge in [0.1, 0.15) is 10.8 Å². The quantitative estimate of drug-likeness (QED) is 0.308. The smallest absolute Gasteiger partial charge is 0.225 e. The first-order valence-corrected chi connectivity index (χ1v) is 11.3. The van der Waals surface area contributed by atoms with Crippen molar-refractivity contribution in [3.8, 4) is 16.3 Å². The van der Waals surface area contributed by atoms with E-state index in [2.05, 4.69) is 10.6 Å². The van der Waals surface area contributed by atoms with Crippen molar-refractivity contribution in [2.24, 2.45) is 10.9 Å². The summed E-state index contributed by atoms with van der Waals surface area (Å²) in [4.78, 5) is 23.6. The van der Waals surface area contributed by atoms with Crippen LogP contribution in [0.2, 0.25) is 0 Å². The van der Waals surface area contributed by atoms with Crippen LogP contribution in [0.1, 0.15) is 32.9 Å². The first-order valence-electron chi connectivity index (χ1n) is 10.4. The number of methoxy groups -OCH3 is 1. The van der Waals surface area contributed by atoms with E-state index in [-0.39, 0.29) is 41.8 Å².